The summed E-state index contributed by atoms with van der Waals surface area (Å²) in [4.78, 5) is 36.3. The normalized spacial score (nSPS) is 19.4. The standard InChI is InChI=1S/C19H17F2N6O6P/c20-14-7-12(26-9-16(32-19(26)28)17(21)33-34(29,30)31)4-5-13(14)10-1-6-15(22-8-10)18-23-25-27(24-18)11-2-3-11/h1,4-8,11,16-17H,2-3,9H2,(H2,29,30,31)/t16-,17?/m1/s1. The van der Waals surface area contributed by atoms with Crippen molar-refractivity contribution in [3.05, 3.63) is 42.3 Å². The first kappa shape index (κ1) is 22.5. The number of alkyl halides is 1. The number of benzene rings is 1. The van der Waals surface area contributed by atoms with Crippen LogP contribution in [0.5, 0.6) is 0 Å². The average Bonchev–Trinajstić information content (AvgIpc) is 3.37. The monoisotopic (exact) mass is 494 g/mol. The molecule has 2 aliphatic rings. The minimum Gasteiger partial charge on any atom is -0.438 e. The largest absolute Gasteiger partial charge is 0.472 e. The van der Waals surface area contributed by atoms with E-state index in [1.165, 1.54) is 18.3 Å². The molecule has 1 aliphatic heterocycles. The highest BCUT2D eigenvalue weighted by Gasteiger charge is 2.41. The van der Waals surface area contributed by atoms with Gasteiger partial charge in [0.15, 0.2) is 6.10 Å². The molecular formula is C19H17F2N6O6P. The van der Waals surface area contributed by atoms with Crippen LogP contribution < -0.4 is 4.90 Å². The molecule has 0 spiro atoms. The Morgan fingerprint density at radius 3 is 2.68 bits per heavy atom. The van der Waals surface area contributed by atoms with Gasteiger partial charge in [0.25, 0.3) is 0 Å². The third kappa shape index (κ3) is 4.66. The first-order valence-electron chi connectivity index (χ1n) is 10.1. The van der Waals surface area contributed by atoms with Crippen molar-refractivity contribution in [3.8, 4) is 22.6 Å². The number of carbonyl (C=O) groups is 1. The molecule has 0 bridgehead atoms. The molecule has 2 N–H and O–H groups in total. The third-order valence-electron chi connectivity index (χ3n) is 5.24. The second-order valence-electron chi connectivity index (χ2n) is 7.74. The zero-order valence-corrected chi connectivity index (χ0v) is 18.1. The second kappa shape index (κ2) is 8.47. The Labute approximate surface area is 190 Å². The summed E-state index contributed by atoms with van der Waals surface area (Å²) in [6, 6.07) is 7.48. The first-order chi connectivity index (χ1) is 16.2. The Morgan fingerprint density at radius 1 is 1.24 bits per heavy atom. The first-order valence-corrected chi connectivity index (χ1v) is 11.6. The van der Waals surface area contributed by atoms with Gasteiger partial charge in [-0.1, -0.05) is 6.07 Å². The van der Waals surface area contributed by atoms with Gasteiger partial charge in [-0.3, -0.25) is 9.88 Å². The fourth-order valence-corrected chi connectivity index (χ4v) is 3.81. The van der Waals surface area contributed by atoms with E-state index in [0.29, 0.717) is 17.1 Å². The maximum absolute atomic E-state index is 14.9. The van der Waals surface area contributed by atoms with Gasteiger partial charge in [-0.25, -0.2) is 22.7 Å². The summed E-state index contributed by atoms with van der Waals surface area (Å²) < 4.78 is 48.3. The van der Waals surface area contributed by atoms with Crippen molar-refractivity contribution in [2.45, 2.75) is 31.3 Å². The number of hydrogen-bond acceptors (Lipinski definition) is 8. The predicted molar refractivity (Wildman–Crippen MR) is 110 cm³/mol. The number of rotatable bonds is 7. The van der Waals surface area contributed by atoms with Crippen LogP contribution in [0.3, 0.4) is 0 Å². The molecule has 0 radical (unpaired) electrons. The molecule has 3 aromatic rings. The van der Waals surface area contributed by atoms with E-state index in [2.05, 4.69) is 24.9 Å². The van der Waals surface area contributed by atoms with Crippen molar-refractivity contribution in [2.24, 2.45) is 0 Å². The molecule has 178 valence electrons. The van der Waals surface area contributed by atoms with Crippen LogP contribution in [-0.2, 0) is 13.8 Å². The number of pyridine rings is 1. The molecule has 1 unspecified atom stereocenters. The van der Waals surface area contributed by atoms with Crippen molar-refractivity contribution < 1.29 is 37.2 Å². The maximum Gasteiger partial charge on any atom is 0.472 e. The third-order valence-corrected chi connectivity index (χ3v) is 5.71. The van der Waals surface area contributed by atoms with E-state index in [4.69, 9.17) is 14.5 Å². The van der Waals surface area contributed by atoms with Crippen molar-refractivity contribution >= 4 is 19.6 Å². The molecule has 12 nitrogen and oxygen atoms in total. The topological polar surface area (TPSA) is 153 Å². The molecular weight excluding hydrogens is 477 g/mol. The molecule has 1 amide bonds. The number of tetrazole rings is 1. The van der Waals surface area contributed by atoms with Gasteiger partial charge < -0.3 is 14.5 Å². The number of hydrogen-bond donors (Lipinski definition) is 2. The van der Waals surface area contributed by atoms with Crippen molar-refractivity contribution in [1.29, 1.82) is 0 Å². The number of amides is 1. The van der Waals surface area contributed by atoms with E-state index in [1.54, 1.807) is 16.9 Å². The highest BCUT2D eigenvalue weighted by molar-refractivity contribution is 7.46. The number of nitrogens with zero attached hydrogens (tertiary/aromatic N) is 6. The number of phosphoric acid groups is 1. The van der Waals surface area contributed by atoms with Crippen LogP contribution in [0, 0.1) is 5.82 Å². The molecule has 1 saturated heterocycles. The summed E-state index contributed by atoms with van der Waals surface area (Å²) in [5.41, 5.74) is 1.22. The van der Waals surface area contributed by atoms with E-state index in [1.807, 2.05) is 0 Å². The van der Waals surface area contributed by atoms with Crippen LogP contribution >= 0.6 is 7.82 Å². The van der Waals surface area contributed by atoms with E-state index in [9.17, 15) is 18.1 Å². The minimum absolute atomic E-state index is 0.0719. The number of aromatic nitrogens is 5. The van der Waals surface area contributed by atoms with Gasteiger partial charge in [0.05, 0.1) is 18.3 Å². The average molecular weight is 494 g/mol. The zero-order valence-electron chi connectivity index (χ0n) is 17.2. The van der Waals surface area contributed by atoms with Crippen molar-refractivity contribution in [2.75, 3.05) is 11.4 Å². The smallest absolute Gasteiger partial charge is 0.438 e. The summed E-state index contributed by atoms with van der Waals surface area (Å²) in [7, 11) is -5.12. The Morgan fingerprint density at radius 2 is 2.03 bits per heavy atom. The zero-order chi connectivity index (χ0) is 24.0. The molecule has 3 heterocycles. The molecule has 1 aliphatic carbocycles. The molecule has 1 aromatic carbocycles. The number of ether oxygens (including phenoxy) is 1. The van der Waals surface area contributed by atoms with E-state index < -0.39 is 38.7 Å². The fraction of sp³-hybridized carbons (Fsp3) is 0.316. The molecule has 2 atom stereocenters. The Kier molecular flexibility index (Phi) is 5.60. The maximum atomic E-state index is 14.9. The SMILES string of the molecule is O=C1O[C@@H](C(F)OP(=O)(O)O)CN1c1ccc(-c2ccc(-c3nnn(C4CC4)n3)nc2)c(F)c1. The lowest BCUT2D eigenvalue weighted by atomic mass is 10.1. The summed E-state index contributed by atoms with van der Waals surface area (Å²) >= 11 is 0. The lowest BCUT2D eigenvalue weighted by molar-refractivity contribution is -0.0470. The lowest BCUT2D eigenvalue weighted by Gasteiger charge is -2.16. The van der Waals surface area contributed by atoms with E-state index >= 15 is 0 Å². The van der Waals surface area contributed by atoms with E-state index in [-0.39, 0.29) is 17.3 Å². The van der Waals surface area contributed by atoms with Gasteiger partial charge in [-0.15, -0.1) is 10.2 Å². The van der Waals surface area contributed by atoms with Crippen LogP contribution in [0.25, 0.3) is 22.6 Å². The molecule has 34 heavy (non-hydrogen) atoms. The van der Waals surface area contributed by atoms with Crippen LogP contribution in [0.4, 0.5) is 19.3 Å². The number of halogens is 2. The van der Waals surface area contributed by atoms with Crippen molar-refractivity contribution in [1.82, 2.24) is 25.2 Å². The van der Waals surface area contributed by atoms with Crippen LogP contribution in [0.15, 0.2) is 36.5 Å². The molecule has 5 rings (SSSR count). The molecule has 2 fully saturated rings. The van der Waals surface area contributed by atoms with Gasteiger partial charge >= 0.3 is 13.9 Å². The number of carbonyl (C=O) groups excluding carboxylic acids is 1. The quantitative estimate of drug-likeness (QED) is 0.469. The van der Waals surface area contributed by atoms with Crippen molar-refractivity contribution in [3.63, 3.8) is 0 Å². The summed E-state index contributed by atoms with van der Waals surface area (Å²) in [6.45, 7) is -0.427. The second-order valence-corrected chi connectivity index (χ2v) is 8.93. The summed E-state index contributed by atoms with van der Waals surface area (Å²) in [5, 5.41) is 12.3. The van der Waals surface area contributed by atoms with Gasteiger partial charge in [0.2, 0.25) is 12.2 Å². The number of anilines is 1. The Bertz CT molecular complexity index is 1280. The number of phosphoric ester groups is 1. The summed E-state index contributed by atoms with van der Waals surface area (Å²) in [5.74, 6) is -0.311. The Balaban J connectivity index is 1.30. The van der Waals surface area contributed by atoms with E-state index in [0.717, 1.165) is 23.8 Å². The van der Waals surface area contributed by atoms with Crippen LogP contribution in [0.1, 0.15) is 18.9 Å². The highest BCUT2D eigenvalue weighted by atomic mass is 31.2. The van der Waals surface area contributed by atoms with Gasteiger partial charge in [-0.05, 0) is 42.3 Å². The Hall–Kier alpha value is -3.32. The highest BCUT2D eigenvalue weighted by Crippen LogP contribution is 2.40. The fourth-order valence-electron chi connectivity index (χ4n) is 3.41. The van der Waals surface area contributed by atoms with Gasteiger partial charge in [0, 0.05) is 17.3 Å². The van der Waals surface area contributed by atoms with Crippen LogP contribution in [-0.4, -0.2) is 60.1 Å². The van der Waals surface area contributed by atoms with Gasteiger partial charge in [-0.2, -0.15) is 4.80 Å². The summed E-state index contributed by atoms with van der Waals surface area (Å²) in [6.07, 6.45) is -1.66. The predicted octanol–water partition coefficient (Wildman–Crippen LogP) is 2.61. The number of cyclic esters (lactones) is 1. The molecule has 2 aromatic heterocycles. The molecule has 15 heteroatoms. The van der Waals surface area contributed by atoms with Crippen LogP contribution in [0.2, 0.25) is 0 Å². The lowest BCUT2D eigenvalue weighted by Crippen LogP contribution is -2.29. The molecule has 1 saturated carbocycles. The minimum atomic E-state index is -5.12. The van der Waals surface area contributed by atoms with Gasteiger partial charge in [0.1, 0.15) is 11.5 Å².